The monoisotopic (exact) mass is 450 g/mol. The van der Waals surface area contributed by atoms with Gasteiger partial charge in [-0.25, -0.2) is 19.5 Å². The van der Waals surface area contributed by atoms with Crippen molar-refractivity contribution in [1.29, 1.82) is 0 Å². The van der Waals surface area contributed by atoms with E-state index in [0.717, 1.165) is 25.0 Å². The van der Waals surface area contributed by atoms with Gasteiger partial charge in [0.05, 0.1) is 28.2 Å². The number of nitrogens with one attached hydrogen (secondary N) is 1. The van der Waals surface area contributed by atoms with E-state index < -0.39 is 5.41 Å². The molecule has 0 saturated heterocycles. The molecule has 4 aromatic heterocycles. The number of carbonyl (C=O) groups is 1. The van der Waals surface area contributed by atoms with Crippen LogP contribution in [0.25, 0.3) is 17.2 Å². The minimum atomic E-state index is -1.27. The summed E-state index contributed by atoms with van der Waals surface area (Å²) in [6.07, 6.45) is 7.23. The Morgan fingerprint density at radius 2 is 2.06 bits per heavy atom. The molecule has 1 unspecified atom stereocenters. The Morgan fingerprint density at radius 3 is 2.81 bits per heavy atom. The molecule has 0 fully saturated rings. The largest absolute Gasteiger partial charge is 0.493 e. The predicted octanol–water partition coefficient (Wildman–Crippen LogP) is 2.94. The quantitative estimate of drug-likeness (QED) is 0.474. The number of hydrogen-bond acceptors (Lipinski definition) is 8. The SMILES string of the molecule is CCCCc1nc(-c2nc(O)c3c(n2)NC(=O)C3(C)c2ccc(Cl)cn2)cn2ncnc12. The molecule has 5 rings (SSSR count). The molecule has 1 aliphatic heterocycles. The number of aromatic hydroxyl groups is 1. The molecule has 0 aromatic carbocycles. The smallest absolute Gasteiger partial charge is 0.242 e. The molecular formula is C21H19ClN8O2. The average Bonchev–Trinajstić information content (AvgIpc) is 3.35. The summed E-state index contributed by atoms with van der Waals surface area (Å²) in [6.45, 7) is 3.76. The van der Waals surface area contributed by atoms with Crippen molar-refractivity contribution in [1.82, 2.24) is 34.5 Å². The molecule has 32 heavy (non-hydrogen) atoms. The third-order valence-electron chi connectivity index (χ3n) is 5.64. The fourth-order valence-corrected chi connectivity index (χ4v) is 4.00. The summed E-state index contributed by atoms with van der Waals surface area (Å²) in [5, 5.41) is 18.3. The first-order valence-corrected chi connectivity index (χ1v) is 10.5. The Morgan fingerprint density at radius 1 is 1.22 bits per heavy atom. The van der Waals surface area contributed by atoms with E-state index in [1.54, 1.807) is 29.8 Å². The van der Waals surface area contributed by atoms with Crippen LogP contribution in [0.5, 0.6) is 5.88 Å². The second-order valence-corrected chi connectivity index (χ2v) is 8.18. The number of hydrogen-bond donors (Lipinski definition) is 2. The van der Waals surface area contributed by atoms with Crippen molar-refractivity contribution in [2.75, 3.05) is 5.32 Å². The number of pyridine rings is 1. The van der Waals surface area contributed by atoms with Gasteiger partial charge >= 0.3 is 0 Å². The summed E-state index contributed by atoms with van der Waals surface area (Å²) >= 11 is 5.94. The van der Waals surface area contributed by atoms with E-state index in [9.17, 15) is 9.90 Å². The van der Waals surface area contributed by atoms with Gasteiger partial charge < -0.3 is 10.4 Å². The maximum Gasteiger partial charge on any atom is 0.242 e. The van der Waals surface area contributed by atoms with Gasteiger partial charge in [-0.3, -0.25) is 9.78 Å². The number of aromatic nitrogens is 7. The minimum Gasteiger partial charge on any atom is -0.493 e. The topological polar surface area (TPSA) is 131 Å². The normalized spacial score (nSPS) is 17.5. The van der Waals surface area contributed by atoms with Crippen LogP contribution in [0, 0.1) is 0 Å². The highest BCUT2D eigenvalue weighted by molar-refractivity contribution is 6.30. The van der Waals surface area contributed by atoms with Gasteiger partial charge in [0, 0.05) is 6.20 Å². The van der Waals surface area contributed by atoms with Crippen molar-refractivity contribution in [2.45, 2.75) is 38.5 Å². The number of carbonyl (C=O) groups excluding carboxylic acids is 1. The maximum atomic E-state index is 12.9. The lowest BCUT2D eigenvalue weighted by Crippen LogP contribution is -2.33. The molecule has 2 N–H and O–H groups in total. The van der Waals surface area contributed by atoms with Crippen LogP contribution in [-0.2, 0) is 16.6 Å². The molecule has 11 heteroatoms. The molecule has 0 aliphatic carbocycles. The second kappa shape index (κ2) is 7.49. The van der Waals surface area contributed by atoms with Crippen molar-refractivity contribution in [3.8, 4) is 17.4 Å². The molecular weight excluding hydrogens is 432 g/mol. The zero-order valence-electron chi connectivity index (χ0n) is 17.4. The van der Waals surface area contributed by atoms with Crippen LogP contribution < -0.4 is 5.32 Å². The number of fused-ring (bicyclic) bond motifs is 2. The molecule has 0 saturated carbocycles. The highest BCUT2D eigenvalue weighted by Crippen LogP contribution is 2.45. The van der Waals surface area contributed by atoms with Crippen LogP contribution in [-0.4, -0.2) is 45.5 Å². The number of nitrogens with zero attached hydrogens (tertiary/aromatic N) is 7. The van der Waals surface area contributed by atoms with Crippen LogP contribution in [0.15, 0.2) is 30.9 Å². The van der Waals surface area contributed by atoms with Gasteiger partial charge in [-0.15, -0.1) is 0 Å². The molecule has 10 nitrogen and oxygen atoms in total. The third-order valence-corrected chi connectivity index (χ3v) is 5.87. The molecule has 162 valence electrons. The van der Waals surface area contributed by atoms with E-state index in [0.29, 0.717) is 22.1 Å². The van der Waals surface area contributed by atoms with Crippen molar-refractivity contribution in [2.24, 2.45) is 0 Å². The van der Waals surface area contributed by atoms with E-state index in [2.05, 4.69) is 42.3 Å². The summed E-state index contributed by atoms with van der Waals surface area (Å²) in [5.41, 5.74) is 1.27. The molecule has 1 aliphatic rings. The Hall–Kier alpha value is -3.66. The van der Waals surface area contributed by atoms with E-state index in [1.165, 1.54) is 12.5 Å². The first-order chi connectivity index (χ1) is 15.4. The van der Waals surface area contributed by atoms with Crippen molar-refractivity contribution in [3.63, 3.8) is 0 Å². The summed E-state index contributed by atoms with van der Waals surface area (Å²) < 4.78 is 1.61. The number of rotatable bonds is 5. The number of unbranched alkanes of at least 4 members (excludes halogenated alkanes) is 1. The standard InChI is InChI=1S/C21H19ClN8O2/c1-3-4-5-12-18-24-10-25-30(18)9-13(26-12)16-27-17-15(19(31)28-16)21(2,20(32)29-17)14-7-6-11(22)8-23-14/h6-10H,3-5H2,1-2H3,(H2,27,28,29,31,32). The van der Waals surface area contributed by atoms with Crippen molar-refractivity contribution >= 4 is 29.0 Å². The van der Waals surface area contributed by atoms with Gasteiger partial charge in [0.15, 0.2) is 11.5 Å². The summed E-state index contributed by atoms with van der Waals surface area (Å²) in [7, 11) is 0. The maximum absolute atomic E-state index is 12.9. The summed E-state index contributed by atoms with van der Waals surface area (Å²) in [4.78, 5) is 35.0. The van der Waals surface area contributed by atoms with E-state index >= 15 is 0 Å². The van der Waals surface area contributed by atoms with Gasteiger partial charge in [0.1, 0.15) is 23.3 Å². The van der Waals surface area contributed by atoms with Crippen LogP contribution in [0.1, 0.15) is 43.6 Å². The zero-order valence-corrected chi connectivity index (χ0v) is 18.1. The Labute approximate surface area is 187 Å². The first kappa shape index (κ1) is 20.3. The minimum absolute atomic E-state index is 0.171. The second-order valence-electron chi connectivity index (χ2n) is 7.74. The fraction of sp³-hybridized carbons (Fsp3) is 0.286. The van der Waals surface area contributed by atoms with Crippen LogP contribution in [0.3, 0.4) is 0 Å². The van der Waals surface area contributed by atoms with Crippen LogP contribution in [0.2, 0.25) is 5.02 Å². The molecule has 0 spiro atoms. The van der Waals surface area contributed by atoms with Crippen molar-refractivity contribution in [3.05, 3.63) is 52.8 Å². The van der Waals surface area contributed by atoms with Gasteiger partial charge in [0.25, 0.3) is 0 Å². The van der Waals surface area contributed by atoms with E-state index in [-0.39, 0.29) is 29.0 Å². The molecule has 1 atom stereocenters. The molecule has 5 heterocycles. The first-order valence-electron chi connectivity index (χ1n) is 10.2. The highest BCUT2D eigenvalue weighted by atomic mass is 35.5. The van der Waals surface area contributed by atoms with Crippen molar-refractivity contribution < 1.29 is 9.90 Å². The number of halogens is 1. The Kier molecular flexibility index (Phi) is 4.74. The number of anilines is 1. The summed E-state index contributed by atoms with van der Waals surface area (Å²) in [5.74, 6) is -0.303. The Balaban J connectivity index is 1.63. The van der Waals surface area contributed by atoms with E-state index in [1.807, 2.05) is 0 Å². The summed E-state index contributed by atoms with van der Waals surface area (Å²) in [6, 6.07) is 3.28. The Bertz CT molecular complexity index is 1350. The predicted molar refractivity (Wildman–Crippen MR) is 116 cm³/mol. The van der Waals surface area contributed by atoms with E-state index in [4.69, 9.17) is 11.6 Å². The zero-order chi connectivity index (χ0) is 22.5. The van der Waals surface area contributed by atoms with Gasteiger partial charge in [-0.2, -0.15) is 10.1 Å². The fourth-order valence-electron chi connectivity index (χ4n) is 3.89. The lowest BCUT2D eigenvalue weighted by Gasteiger charge is -2.21. The van der Waals surface area contributed by atoms with Gasteiger partial charge in [-0.05, 0) is 31.9 Å². The highest BCUT2D eigenvalue weighted by Gasteiger charge is 2.49. The average molecular weight is 451 g/mol. The van der Waals surface area contributed by atoms with Gasteiger partial charge in [-0.1, -0.05) is 24.9 Å². The molecule has 0 radical (unpaired) electrons. The molecule has 0 bridgehead atoms. The van der Waals surface area contributed by atoms with Crippen LogP contribution >= 0.6 is 11.6 Å². The number of amides is 1. The molecule has 1 amide bonds. The molecule has 4 aromatic rings. The lowest BCUT2D eigenvalue weighted by molar-refractivity contribution is -0.119. The number of aryl methyl sites for hydroxylation is 1. The van der Waals surface area contributed by atoms with Gasteiger partial charge in [0.2, 0.25) is 11.8 Å². The third kappa shape index (κ3) is 3.06. The van der Waals surface area contributed by atoms with Crippen LogP contribution in [0.4, 0.5) is 5.82 Å². The lowest BCUT2D eigenvalue weighted by atomic mass is 9.81.